The van der Waals surface area contributed by atoms with Crippen LogP contribution < -0.4 is 5.32 Å². The smallest absolute Gasteiger partial charge is 0.338 e. The Hall–Kier alpha value is -2.07. The lowest BCUT2D eigenvalue weighted by atomic mass is 10.1. The van der Waals surface area contributed by atoms with Crippen molar-refractivity contribution in [2.24, 2.45) is 0 Å². The fourth-order valence-electron chi connectivity index (χ4n) is 1.86. The number of furan rings is 1. The van der Waals surface area contributed by atoms with Gasteiger partial charge in [-0.15, -0.1) is 0 Å². The summed E-state index contributed by atoms with van der Waals surface area (Å²) in [4.78, 5) is 11.6. The van der Waals surface area contributed by atoms with Crippen LogP contribution in [-0.4, -0.2) is 19.1 Å². The van der Waals surface area contributed by atoms with Crippen LogP contribution in [0.5, 0.6) is 0 Å². The van der Waals surface area contributed by atoms with Crippen LogP contribution in [-0.2, 0) is 11.3 Å². The molecule has 0 fully saturated rings. The van der Waals surface area contributed by atoms with Crippen LogP contribution in [0.25, 0.3) is 11.3 Å². The molecule has 0 saturated carbocycles. The molecule has 0 spiro atoms. The van der Waals surface area contributed by atoms with E-state index < -0.39 is 0 Å². The molecule has 0 aliphatic rings. The molecule has 0 aliphatic heterocycles. The fourth-order valence-corrected chi connectivity index (χ4v) is 1.86. The first-order valence-corrected chi connectivity index (χ1v) is 6.81. The number of rotatable bonds is 6. The maximum absolute atomic E-state index is 11.6. The lowest BCUT2D eigenvalue weighted by Crippen LogP contribution is -2.10. The topological polar surface area (TPSA) is 51.5 Å². The summed E-state index contributed by atoms with van der Waals surface area (Å²) in [5.41, 5.74) is 1.50. The molecular formula is C16H19NO3. The molecule has 4 heteroatoms. The monoisotopic (exact) mass is 273 g/mol. The van der Waals surface area contributed by atoms with Gasteiger partial charge in [0.2, 0.25) is 0 Å². The molecule has 106 valence electrons. The number of ether oxygens (including phenoxy) is 1. The molecular weight excluding hydrogens is 254 g/mol. The molecule has 0 atom stereocenters. The van der Waals surface area contributed by atoms with Crippen LogP contribution in [0.15, 0.2) is 40.8 Å². The molecule has 4 nitrogen and oxygen atoms in total. The number of carbonyl (C=O) groups excluding carboxylic acids is 1. The third-order valence-electron chi connectivity index (χ3n) is 2.89. The Morgan fingerprint density at radius 2 is 1.90 bits per heavy atom. The molecule has 1 aromatic carbocycles. The van der Waals surface area contributed by atoms with Crippen molar-refractivity contribution in [3.8, 4) is 11.3 Å². The Balaban J connectivity index is 2.09. The van der Waals surface area contributed by atoms with Gasteiger partial charge in [0.1, 0.15) is 11.5 Å². The first kappa shape index (κ1) is 14.3. The molecule has 1 N–H and O–H groups in total. The van der Waals surface area contributed by atoms with Crippen molar-refractivity contribution in [1.82, 2.24) is 5.32 Å². The summed E-state index contributed by atoms with van der Waals surface area (Å²) in [7, 11) is 0. The summed E-state index contributed by atoms with van der Waals surface area (Å²) < 4.78 is 10.7. The fraction of sp³-hybridized carbons (Fsp3) is 0.312. The van der Waals surface area contributed by atoms with Crippen molar-refractivity contribution in [3.05, 3.63) is 47.7 Å². The maximum Gasteiger partial charge on any atom is 0.338 e. The summed E-state index contributed by atoms with van der Waals surface area (Å²) in [5, 5.41) is 3.21. The standard InChI is InChI=1S/C16H19NO3/c1-3-17-11-14-9-10-15(20-14)12-5-7-13(8-6-12)16(18)19-4-2/h5-10,17H,3-4,11H2,1-2H3. The van der Waals surface area contributed by atoms with Crippen LogP contribution in [0.2, 0.25) is 0 Å². The third-order valence-corrected chi connectivity index (χ3v) is 2.89. The average molecular weight is 273 g/mol. The van der Waals surface area contributed by atoms with Crippen LogP contribution in [0, 0.1) is 0 Å². The molecule has 0 unspecified atom stereocenters. The lowest BCUT2D eigenvalue weighted by molar-refractivity contribution is 0.0526. The summed E-state index contributed by atoms with van der Waals surface area (Å²) in [6, 6.07) is 11.1. The predicted octanol–water partition coefficient (Wildman–Crippen LogP) is 3.23. The Morgan fingerprint density at radius 1 is 1.15 bits per heavy atom. The van der Waals surface area contributed by atoms with E-state index in [1.165, 1.54) is 0 Å². The Bertz CT molecular complexity index is 557. The Kier molecular flexibility index (Phi) is 4.96. The maximum atomic E-state index is 11.6. The zero-order valence-corrected chi connectivity index (χ0v) is 11.8. The van der Waals surface area contributed by atoms with E-state index in [4.69, 9.17) is 9.15 Å². The molecule has 2 rings (SSSR count). The highest BCUT2D eigenvalue weighted by Crippen LogP contribution is 2.22. The zero-order chi connectivity index (χ0) is 14.4. The number of hydrogen-bond donors (Lipinski definition) is 1. The van der Waals surface area contributed by atoms with Gasteiger partial charge in [-0.05, 0) is 37.7 Å². The number of hydrogen-bond acceptors (Lipinski definition) is 4. The highest BCUT2D eigenvalue weighted by Gasteiger charge is 2.08. The summed E-state index contributed by atoms with van der Waals surface area (Å²) >= 11 is 0. The van der Waals surface area contributed by atoms with Crippen LogP contribution in [0.1, 0.15) is 30.0 Å². The average Bonchev–Trinajstić information content (AvgIpc) is 2.94. The number of benzene rings is 1. The third kappa shape index (κ3) is 3.48. The van der Waals surface area contributed by atoms with Crippen LogP contribution >= 0.6 is 0 Å². The van der Waals surface area contributed by atoms with Crippen molar-refractivity contribution in [2.75, 3.05) is 13.2 Å². The van der Waals surface area contributed by atoms with Crippen LogP contribution in [0.3, 0.4) is 0 Å². The van der Waals surface area contributed by atoms with E-state index in [1.807, 2.05) is 24.3 Å². The largest absolute Gasteiger partial charge is 0.462 e. The molecule has 0 saturated heterocycles. The molecule has 1 aromatic heterocycles. The number of esters is 1. The second-order valence-corrected chi connectivity index (χ2v) is 4.34. The van der Waals surface area contributed by atoms with E-state index in [9.17, 15) is 4.79 Å². The highest BCUT2D eigenvalue weighted by atomic mass is 16.5. The molecule has 0 aliphatic carbocycles. The first-order valence-electron chi connectivity index (χ1n) is 6.81. The van der Waals surface area contributed by atoms with Crippen molar-refractivity contribution in [1.29, 1.82) is 0 Å². The molecule has 0 bridgehead atoms. The minimum atomic E-state index is -0.300. The highest BCUT2D eigenvalue weighted by molar-refractivity contribution is 5.89. The lowest BCUT2D eigenvalue weighted by Gasteiger charge is -2.02. The van der Waals surface area contributed by atoms with Gasteiger partial charge in [0.25, 0.3) is 0 Å². The van der Waals surface area contributed by atoms with Gasteiger partial charge in [-0.2, -0.15) is 0 Å². The van der Waals surface area contributed by atoms with Gasteiger partial charge in [-0.25, -0.2) is 4.79 Å². The Morgan fingerprint density at radius 3 is 2.55 bits per heavy atom. The van der Waals surface area contributed by atoms with Crippen molar-refractivity contribution in [2.45, 2.75) is 20.4 Å². The Labute approximate surface area is 118 Å². The molecule has 2 aromatic rings. The first-order chi connectivity index (χ1) is 9.74. The quantitative estimate of drug-likeness (QED) is 0.821. The summed E-state index contributed by atoms with van der Waals surface area (Å²) in [6.07, 6.45) is 0. The van der Waals surface area contributed by atoms with E-state index in [1.54, 1.807) is 19.1 Å². The van der Waals surface area contributed by atoms with Gasteiger partial charge < -0.3 is 14.5 Å². The van der Waals surface area contributed by atoms with E-state index >= 15 is 0 Å². The van der Waals surface area contributed by atoms with Gasteiger partial charge in [0.05, 0.1) is 18.7 Å². The SMILES string of the molecule is CCNCc1ccc(-c2ccc(C(=O)OCC)cc2)o1. The molecule has 0 amide bonds. The van der Waals surface area contributed by atoms with Crippen molar-refractivity contribution < 1.29 is 13.9 Å². The minimum absolute atomic E-state index is 0.300. The van der Waals surface area contributed by atoms with E-state index in [2.05, 4.69) is 12.2 Å². The van der Waals surface area contributed by atoms with E-state index in [0.29, 0.717) is 12.2 Å². The summed E-state index contributed by atoms with van der Waals surface area (Å²) in [6.45, 7) is 5.85. The second-order valence-electron chi connectivity index (χ2n) is 4.34. The van der Waals surface area contributed by atoms with Gasteiger partial charge in [0.15, 0.2) is 0 Å². The van der Waals surface area contributed by atoms with E-state index in [0.717, 1.165) is 30.2 Å². The number of nitrogens with one attached hydrogen (secondary N) is 1. The summed E-state index contributed by atoms with van der Waals surface area (Å²) in [5.74, 6) is 1.40. The van der Waals surface area contributed by atoms with Gasteiger partial charge >= 0.3 is 5.97 Å². The van der Waals surface area contributed by atoms with Gasteiger partial charge in [-0.1, -0.05) is 19.1 Å². The molecule has 20 heavy (non-hydrogen) atoms. The predicted molar refractivity (Wildman–Crippen MR) is 77.5 cm³/mol. The minimum Gasteiger partial charge on any atom is -0.462 e. The van der Waals surface area contributed by atoms with E-state index in [-0.39, 0.29) is 5.97 Å². The van der Waals surface area contributed by atoms with Gasteiger partial charge in [0, 0.05) is 5.56 Å². The van der Waals surface area contributed by atoms with Crippen molar-refractivity contribution in [3.63, 3.8) is 0 Å². The number of carbonyl (C=O) groups is 1. The molecule has 1 heterocycles. The van der Waals surface area contributed by atoms with Crippen LogP contribution in [0.4, 0.5) is 0 Å². The second kappa shape index (κ2) is 6.91. The van der Waals surface area contributed by atoms with Gasteiger partial charge in [-0.3, -0.25) is 0 Å². The molecule has 0 radical (unpaired) electrons. The normalized spacial score (nSPS) is 10.5. The van der Waals surface area contributed by atoms with Crippen molar-refractivity contribution >= 4 is 5.97 Å². The zero-order valence-electron chi connectivity index (χ0n) is 11.8.